The fourth-order valence-electron chi connectivity index (χ4n) is 3.51. The number of amides is 1. The predicted octanol–water partition coefficient (Wildman–Crippen LogP) is 3.60. The topological polar surface area (TPSA) is 98.7 Å². The molecule has 29 heavy (non-hydrogen) atoms. The third-order valence-corrected chi connectivity index (χ3v) is 5.25. The number of rotatable bonds is 4. The van der Waals surface area contributed by atoms with Gasteiger partial charge in [-0.3, -0.25) is 4.79 Å². The van der Waals surface area contributed by atoms with Crippen LogP contribution in [-0.4, -0.2) is 36.9 Å². The van der Waals surface area contributed by atoms with Crippen molar-refractivity contribution in [1.29, 1.82) is 0 Å². The van der Waals surface area contributed by atoms with E-state index in [0.717, 1.165) is 24.1 Å². The zero-order valence-electron chi connectivity index (χ0n) is 17.3. The van der Waals surface area contributed by atoms with Crippen molar-refractivity contribution in [3.63, 3.8) is 0 Å². The van der Waals surface area contributed by atoms with Crippen molar-refractivity contribution in [2.45, 2.75) is 64.8 Å². The van der Waals surface area contributed by atoms with Crippen LogP contribution in [0.3, 0.4) is 0 Å². The van der Waals surface area contributed by atoms with Crippen LogP contribution in [0.15, 0.2) is 29.0 Å². The molecule has 1 aliphatic carbocycles. The second-order valence-corrected chi connectivity index (χ2v) is 8.59. The van der Waals surface area contributed by atoms with Crippen LogP contribution in [0.5, 0.6) is 0 Å². The normalized spacial score (nSPS) is 15.0. The SMILES string of the molecule is Cc1c(C(=O)NC2CCCC2)cnn1-c1cc(-c2nc(C(C)(C)C)no2)ccn1. The average Bonchev–Trinajstić information content (AvgIpc) is 3.42. The third kappa shape index (κ3) is 3.92. The van der Waals surface area contributed by atoms with Gasteiger partial charge in [-0.25, -0.2) is 9.67 Å². The Labute approximate surface area is 169 Å². The van der Waals surface area contributed by atoms with Crippen molar-refractivity contribution in [1.82, 2.24) is 30.2 Å². The molecule has 0 atom stereocenters. The summed E-state index contributed by atoms with van der Waals surface area (Å²) in [5.74, 6) is 1.59. The van der Waals surface area contributed by atoms with Crippen molar-refractivity contribution in [3.8, 4) is 17.3 Å². The van der Waals surface area contributed by atoms with Gasteiger partial charge in [-0.05, 0) is 31.9 Å². The Hall–Kier alpha value is -3.03. The van der Waals surface area contributed by atoms with E-state index in [9.17, 15) is 4.79 Å². The van der Waals surface area contributed by atoms with Gasteiger partial charge in [-0.15, -0.1) is 0 Å². The lowest BCUT2D eigenvalue weighted by atomic mass is 9.96. The number of nitrogens with one attached hydrogen (secondary N) is 1. The summed E-state index contributed by atoms with van der Waals surface area (Å²) in [6, 6.07) is 3.91. The Morgan fingerprint density at radius 3 is 2.72 bits per heavy atom. The molecule has 1 aliphatic rings. The minimum Gasteiger partial charge on any atom is -0.349 e. The Bertz CT molecular complexity index is 1020. The molecule has 0 aromatic carbocycles. The zero-order chi connectivity index (χ0) is 20.6. The molecular weight excluding hydrogens is 368 g/mol. The van der Waals surface area contributed by atoms with Crippen molar-refractivity contribution < 1.29 is 9.32 Å². The van der Waals surface area contributed by atoms with Gasteiger partial charge in [-0.2, -0.15) is 10.1 Å². The zero-order valence-corrected chi connectivity index (χ0v) is 17.3. The highest BCUT2D eigenvalue weighted by atomic mass is 16.5. The van der Waals surface area contributed by atoms with Gasteiger partial charge in [0.15, 0.2) is 11.6 Å². The van der Waals surface area contributed by atoms with E-state index in [4.69, 9.17) is 4.52 Å². The van der Waals surface area contributed by atoms with Gasteiger partial charge in [0, 0.05) is 23.2 Å². The van der Waals surface area contributed by atoms with Gasteiger partial charge in [0.25, 0.3) is 11.8 Å². The summed E-state index contributed by atoms with van der Waals surface area (Å²) >= 11 is 0. The highest BCUT2D eigenvalue weighted by Gasteiger charge is 2.23. The van der Waals surface area contributed by atoms with E-state index in [-0.39, 0.29) is 17.4 Å². The maximum absolute atomic E-state index is 12.6. The molecule has 0 spiro atoms. The molecule has 3 heterocycles. The smallest absolute Gasteiger partial charge is 0.258 e. The van der Waals surface area contributed by atoms with E-state index in [1.54, 1.807) is 17.1 Å². The lowest BCUT2D eigenvalue weighted by Gasteiger charge is -2.11. The van der Waals surface area contributed by atoms with Gasteiger partial charge in [0.1, 0.15) is 0 Å². The number of hydrogen-bond donors (Lipinski definition) is 1. The molecule has 152 valence electrons. The summed E-state index contributed by atoms with van der Waals surface area (Å²) in [7, 11) is 0. The van der Waals surface area contributed by atoms with E-state index in [1.165, 1.54) is 12.8 Å². The summed E-state index contributed by atoms with van der Waals surface area (Å²) in [4.78, 5) is 21.5. The Morgan fingerprint density at radius 1 is 1.28 bits per heavy atom. The van der Waals surface area contributed by atoms with Crippen LogP contribution in [0.1, 0.15) is 68.3 Å². The standard InChI is InChI=1S/C21H26N6O2/c1-13-16(18(28)24-15-7-5-6-8-15)12-23-27(13)17-11-14(9-10-22-17)19-25-20(26-29-19)21(2,3)4/h9-12,15H,5-8H2,1-4H3,(H,24,28). The molecule has 1 fully saturated rings. The number of carbonyl (C=O) groups is 1. The van der Waals surface area contributed by atoms with Crippen molar-refractivity contribution in [2.24, 2.45) is 0 Å². The Morgan fingerprint density at radius 2 is 2.03 bits per heavy atom. The lowest BCUT2D eigenvalue weighted by Crippen LogP contribution is -2.32. The molecule has 1 N–H and O–H groups in total. The van der Waals surface area contributed by atoms with E-state index in [2.05, 4.69) is 25.5 Å². The van der Waals surface area contributed by atoms with Gasteiger partial charge >= 0.3 is 0 Å². The number of aromatic nitrogens is 5. The van der Waals surface area contributed by atoms with E-state index in [0.29, 0.717) is 23.1 Å². The highest BCUT2D eigenvalue weighted by Crippen LogP contribution is 2.25. The quantitative estimate of drug-likeness (QED) is 0.726. The molecule has 4 rings (SSSR count). The van der Waals surface area contributed by atoms with Crippen LogP contribution >= 0.6 is 0 Å². The molecule has 0 unspecified atom stereocenters. The molecule has 3 aromatic heterocycles. The van der Waals surface area contributed by atoms with Crippen molar-refractivity contribution in [3.05, 3.63) is 41.6 Å². The first kappa shape index (κ1) is 19.3. The maximum atomic E-state index is 12.6. The van der Waals surface area contributed by atoms with Crippen LogP contribution in [0.2, 0.25) is 0 Å². The first-order valence-corrected chi connectivity index (χ1v) is 9.99. The molecular formula is C21H26N6O2. The highest BCUT2D eigenvalue weighted by molar-refractivity contribution is 5.95. The molecule has 0 radical (unpaired) electrons. The fourth-order valence-corrected chi connectivity index (χ4v) is 3.51. The number of pyridine rings is 1. The monoisotopic (exact) mass is 394 g/mol. The van der Waals surface area contributed by atoms with Crippen LogP contribution in [0, 0.1) is 6.92 Å². The van der Waals surface area contributed by atoms with Crippen LogP contribution < -0.4 is 5.32 Å². The number of carbonyl (C=O) groups excluding carboxylic acids is 1. The first-order chi connectivity index (χ1) is 13.8. The molecule has 0 aliphatic heterocycles. The van der Waals surface area contributed by atoms with Crippen molar-refractivity contribution >= 4 is 5.91 Å². The first-order valence-electron chi connectivity index (χ1n) is 9.99. The van der Waals surface area contributed by atoms with E-state index in [1.807, 2.05) is 39.8 Å². The van der Waals surface area contributed by atoms with Gasteiger partial charge in [-0.1, -0.05) is 38.8 Å². The molecule has 3 aromatic rings. The second kappa shape index (κ2) is 7.42. The molecule has 1 saturated carbocycles. The van der Waals surface area contributed by atoms with Crippen molar-refractivity contribution in [2.75, 3.05) is 0 Å². The van der Waals surface area contributed by atoms with Gasteiger partial charge < -0.3 is 9.84 Å². The Kier molecular flexibility index (Phi) is 4.94. The summed E-state index contributed by atoms with van der Waals surface area (Å²) in [5, 5.41) is 11.6. The molecule has 0 bridgehead atoms. The largest absolute Gasteiger partial charge is 0.349 e. The van der Waals surface area contributed by atoms with Crippen LogP contribution in [0.4, 0.5) is 0 Å². The minimum absolute atomic E-state index is 0.0801. The number of nitrogens with zero attached hydrogens (tertiary/aromatic N) is 5. The van der Waals surface area contributed by atoms with E-state index >= 15 is 0 Å². The molecule has 0 saturated heterocycles. The average molecular weight is 394 g/mol. The fraction of sp³-hybridized carbons (Fsp3) is 0.476. The Balaban J connectivity index is 1.59. The lowest BCUT2D eigenvalue weighted by molar-refractivity contribution is 0.0937. The summed E-state index contributed by atoms with van der Waals surface area (Å²) in [6.07, 6.45) is 7.70. The predicted molar refractivity (Wildman–Crippen MR) is 108 cm³/mol. The third-order valence-electron chi connectivity index (χ3n) is 5.25. The summed E-state index contributed by atoms with van der Waals surface area (Å²) in [6.45, 7) is 7.97. The summed E-state index contributed by atoms with van der Waals surface area (Å²) in [5.41, 5.74) is 1.87. The second-order valence-electron chi connectivity index (χ2n) is 8.59. The molecule has 8 nitrogen and oxygen atoms in total. The van der Waals surface area contributed by atoms with Gasteiger partial charge in [0.2, 0.25) is 0 Å². The van der Waals surface area contributed by atoms with E-state index < -0.39 is 0 Å². The minimum atomic E-state index is -0.197. The molecule has 8 heteroatoms. The van der Waals surface area contributed by atoms with Crippen LogP contribution in [0.25, 0.3) is 17.3 Å². The van der Waals surface area contributed by atoms with Crippen LogP contribution in [-0.2, 0) is 5.41 Å². The molecule has 1 amide bonds. The van der Waals surface area contributed by atoms with Gasteiger partial charge in [0.05, 0.1) is 17.5 Å². The summed E-state index contributed by atoms with van der Waals surface area (Å²) < 4.78 is 7.09. The maximum Gasteiger partial charge on any atom is 0.258 e. The number of hydrogen-bond acceptors (Lipinski definition) is 6.